The highest BCUT2D eigenvalue weighted by molar-refractivity contribution is 7.50. The molecule has 1 unspecified atom stereocenters. The van der Waals surface area contributed by atoms with Crippen LogP contribution in [0.3, 0.4) is 0 Å². The van der Waals surface area contributed by atoms with Gasteiger partial charge in [0.15, 0.2) is 5.75 Å². The summed E-state index contributed by atoms with van der Waals surface area (Å²) in [6, 6.07) is 28.7. The number of benzene rings is 3. The second-order valence-corrected chi connectivity index (χ2v) is 12.9. The van der Waals surface area contributed by atoms with Gasteiger partial charge in [-0.2, -0.15) is 0 Å². The van der Waals surface area contributed by atoms with Crippen LogP contribution in [0.5, 0.6) is 5.75 Å². The van der Waals surface area contributed by atoms with Crippen LogP contribution in [0, 0.1) is 0 Å². The molecule has 4 aromatic rings. The standard InChI is InChI=1S/C30H32O2PS/c1-29(2,3)23-16-12-21(13-17-23)27-20-26(33(31)32-25-10-8-7-9-11-25)28(34-27)22-14-18-24(19-15-22)30(4,5)6/h7-20H,1-6H3/q+1. The zero-order valence-corrected chi connectivity index (χ0v) is 22.5. The second kappa shape index (κ2) is 9.49. The normalized spacial score (nSPS) is 12.5. The molecule has 0 saturated heterocycles. The van der Waals surface area contributed by atoms with Crippen molar-refractivity contribution in [1.82, 2.24) is 0 Å². The summed E-state index contributed by atoms with van der Waals surface area (Å²) in [5, 5.41) is 0.738. The number of thiophene rings is 1. The van der Waals surface area contributed by atoms with E-state index in [0.717, 1.165) is 26.2 Å². The molecule has 0 spiro atoms. The van der Waals surface area contributed by atoms with Gasteiger partial charge in [0.1, 0.15) is 0 Å². The predicted molar refractivity (Wildman–Crippen MR) is 147 cm³/mol. The zero-order chi connectivity index (χ0) is 24.5. The van der Waals surface area contributed by atoms with Crippen LogP contribution < -0.4 is 9.83 Å². The summed E-state index contributed by atoms with van der Waals surface area (Å²) in [5.41, 5.74) is 4.94. The van der Waals surface area contributed by atoms with Gasteiger partial charge in [0.05, 0.1) is 4.88 Å². The van der Waals surface area contributed by atoms with Crippen LogP contribution in [0.2, 0.25) is 0 Å². The minimum atomic E-state index is -2.06. The van der Waals surface area contributed by atoms with E-state index in [2.05, 4.69) is 90.1 Å². The second-order valence-electron chi connectivity index (χ2n) is 10.6. The molecule has 0 N–H and O–H groups in total. The van der Waals surface area contributed by atoms with Gasteiger partial charge in [0, 0.05) is 10.9 Å². The SMILES string of the molecule is CC(C)(C)c1ccc(-c2cc([P+](=O)Oc3ccccc3)c(-c3ccc(C(C)(C)C)cc3)s2)cc1. The van der Waals surface area contributed by atoms with E-state index in [0.29, 0.717) is 5.75 Å². The minimum absolute atomic E-state index is 0.0817. The van der Waals surface area contributed by atoms with E-state index in [1.165, 1.54) is 11.1 Å². The molecule has 174 valence electrons. The molecule has 0 aliphatic heterocycles. The summed E-state index contributed by atoms with van der Waals surface area (Å²) < 4.78 is 19.3. The summed E-state index contributed by atoms with van der Waals surface area (Å²) in [6.07, 6.45) is 0. The van der Waals surface area contributed by atoms with E-state index in [1.54, 1.807) is 11.3 Å². The molecule has 4 rings (SSSR count). The van der Waals surface area contributed by atoms with Gasteiger partial charge >= 0.3 is 8.03 Å². The van der Waals surface area contributed by atoms with Crippen LogP contribution in [0.15, 0.2) is 84.9 Å². The van der Waals surface area contributed by atoms with E-state index in [-0.39, 0.29) is 10.8 Å². The third kappa shape index (κ3) is 5.49. The van der Waals surface area contributed by atoms with E-state index in [4.69, 9.17) is 4.52 Å². The fourth-order valence-electron chi connectivity index (χ4n) is 3.75. The quantitative estimate of drug-likeness (QED) is 0.262. The molecule has 2 nitrogen and oxygen atoms in total. The van der Waals surface area contributed by atoms with Crippen LogP contribution in [0.4, 0.5) is 0 Å². The lowest BCUT2D eigenvalue weighted by Gasteiger charge is -2.19. The molecule has 0 fully saturated rings. The summed E-state index contributed by atoms with van der Waals surface area (Å²) in [7, 11) is -2.06. The average Bonchev–Trinajstić information content (AvgIpc) is 3.24. The lowest BCUT2D eigenvalue weighted by atomic mass is 9.86. The van der Waals surface area contributed by atoms with E-state index >= 15 is 0 Å². The van der Waals surface area contributed by atoms with E-state index in [9.17, 15) is 4.57 Å². The Hall–Kier alpha value is -2.74. The van der Waals surface area contributed by atoms with Crippen molar-refractivity contribution in [3.63, 3.8) is 0 Å². The van der Waals surface area contributed by atoms with Gasteiger partial charge in [-0.05, 0) is 49.8 Å². The largest absolute Gasteiger partial charge is 0.598 e. The van der Waals surface area contributed by atoms with Gasteiger partial charge in [0.2, 0.25) is 0 Å². The topological polar surface area (TPSA) is 26.3 Å². The molecule has 0 amide bonds. The van der Waals surface area contributed by atoms with E-state index in [1.807, 2.05) is 36.4 Å². The lowest BCUT2D eigenvalue weighted by molar-refractivity contribution is 0.514. The summed E-state index contributed by atoms with van der Waals surface area (Å²) in [6.45, 7) is 13.3. The molecule has 1 atom stereocenters. The Bertz CT molecular complexity index is 1270. The van der Waals surface area contributed by atoms with Gasteiger partial charge in [-0.1, -0.05) is 108 Å². The van der Waals surface area contributed by atoms with E-state index < -0.39 is 8.03 Å². The van der Waals surface area contributed by atoms with Crippen LogP contribution in [0.25, 0.3) is 20.9 Å². The number of para-hydroxylation sites is 1. The van der Waals surface area contributed by atoms with Gasteiger partial charge in [-0.25, -0.2) is 0 Å². The molecule has 34 heavy (non-hydrogen) atoms. The van der Waals surface area contributed by atoms with Crippen molar-refractivity contribution in [2.75, 3.05) is 0 Å². The first-order chi connectivity index (χ1) is 16.0. The monoisotopic (exact) mass is 487 g/mol. The highest BCUT2D eigenvalue weighted by Gasteiger charge is 2.32. The summed E-state index contributed by atoms with van der Waals surface area (Å²) in [4.78, 5) is 2.08. The maximum absolute atomic E-state index is 13.4. The Morgan fingerprint density at radius 3 is 1.68 bits per heavy atom. The Morgan fingerprint density at radius 1 is 0.676 bits per heavy atom. The van der Waals surface area contributed by atoms with Gasteiger partial charge in [-0.3, -0.25) is 4.52 Å². The molecule has 1 aromatic heterocycles. The number of hydrogen-bond donors (Lipinski definition) is 0. The Kier molecular flexibility index (Phi) is 6.80. The maximum atomic E-state index is 13.4. The van der Waals surface area contributed by atoms with Crippen LogP contribution in [-0.4, -0.2) is 0 Å². The van der Waals surface area contributed by atoms with Crippen molar-refractivity contribution in [2.45, 2.75) is 52.4 Å². The Labute approximate surface area is 208 Å². The highest BCUT2D eigenvalue weighted by Crippen LogP contribution is 2.40. The summed E-state index contributed by atoms with van der Waals surface area (Å²) >= 11 is 1.67. The van der Waals surface area contributed by atoms with Crippen molar-refractivity contribution < 1.29 is 9.09 Å². The van der Waals surface area contributed by atoms with Crippen LogP contribution in [-0.2, 0) is 15.4 Å². The molecule has 0 bridgehead atoms. The van der Waals surface area contributed by atoms with Crippen molar-refractivity contribution in [2.24, 2.45) is 0 Å². The molecule has 1 heterocycles. The highest BCUT2D eigenvalue weighted by atomic mass is 32.1. The molecule has 4 heteroatoms. The summed E-state index contributed by atoms with van der Waals surface area (Å²) in [5.74, 6) is 0.611. The van der Waals surface area contributed by atoms with Crippen molar-refractivity contribution in [1.29, 1.82) is 0 Å². The van der Waals surface area contributed by atoms with Crippen LogP contribution >= 0.6 is 19.4 Å². The maximum Gasteiger partial charge on any atom is 0.598 e. The third-order valence-corrected chi connectivity index (χ3v) is 8.40. The van der Waals surface area contributed by atoms with Crippen LogP contribution in [0.1, 0.15) is 52.7 Å². The van der Waals surface area contributed by atoms with Gasteiger partial charge in [0.25, 0.3) is 5.30 Å². The van der Waals surface area contributed by atoms with Crippen molar-refractivity contribution in [3.8, 4) is 26.6 Å². The first-order valence-corrected chi connectivity index (χ1v) is 13.6. The molecular weight excluding hydrogens is 455 g/mol. The van der Waals surface area contributed by atoms with Gasteiger partial charge < -0.3 is 0 Å². The van der Waals surface area contributed by atoms with Crippen molar-refractivity contribution in [3.05, 3.63) is 96.1 Å². The molecule has 3 aromatic carbocycles. The molecule has 0 radical (unpaired) electrons. The first kappa shape index (κ1) is 24.4. The molecule has 0 aliphatic carbocycles. The smallest absolute Gasteiger partial charge is 0.250 e. The molecule has 0 saturated carbocycles. The molecular formula is C30H32O2PS+. The fourth-order valence-corrected chi connectivity index (χ4v) is 6.21. The number of rotatable bonds is 5. The zero-order valence-electron chi connectivity index (χ0n) is 20.8. The van der Waals surface area contributed by atoms with Crippen molar-refractivity contribution >= 4 is 24.7 Å². The molecule has 0 aliphatic rings. The first-order valence-electron chi connectivity index (χ1n) is 11.6. The fraction of sp³-hybridized carbons (Fsp3) is 0.267. The lowest BCUT2D eigenvalue weighted by Crippen LogP contribution is -2.10. The Balaban J connectivity index is 1.75. The third-order valence-electron chi connectivity index (χ3n) is 5.89. The average molecular weight is 488 g/mol. The predicted octanol–water partition coefficient (Wildman–Crippen LogP) is 9.12. The minimum Gasteiger partial charge on any atom is -0.250 e. The Morgan fingerprint density at radius 2 is 1.18 bits per heavy atom. The van der Waals surface area contributed by atoms with Gasteiger partial charge in [-0.15, -0.1) is 11.3 Å². The number of hydrogen-bond acceptors (Lipinski definition) is 3.